The molecule has 1 aromatic carbocycles. The Kier molecular flexibility index (Phi) is 8.81. The summed E-state index contributed by atoms with van der Waals surface area (Å²) in [6.45, 7) is 0.288. The molecule has 0 radical (unpaired) electrons. The van der Waals surface area contributed by atoms with Gasteiger partial charge in [-0.3, -0.25) is 19.8 Å². The number of carbonyl (C=O) groups excluding carboxylic acids is 2. The molecule has 1 aliphatic rings. The first kappa shape index (κ1) is 25.8. The Morgan fingerprint density at radius 3 is 2.44 bits per heavy atom. The summed E-state index contributed by atoms with van der Waals surface area (Å²) in [5.41, 5.74) is 5.86. The fraction of sp³-hybridized carbons (Fsp3) is 0.368. The molecule has 32 heavy (non-hydrogen) atoms. The van der Waals surface area contributed by atoms with Gasteiger partial charge in [-0.1, -0.05) is 11.6 Å². The van der Waals surface area contributed by atoms with Crippen LogP contribution in [0.5, 0.6) is 0 Å². The van der Waals surface area contributed by atoms with Crippen LogP contribution in [-0.2, 0) is 19.1 Å². The van der Waals surface area contributed by atoms with Crippen molar-refractivity contribution in [1.29, 1.82) is 0 Å². The van der Waals surface area contributed by atoms with E-state index >= 15 is 0 Å². The quantitative estimate of drug-likeness (QED) is 0.142. The van der Waals surface area contributed by atoms with Gasteiger partial charge >= 0.3 is 5.97 Å². The highest BCUT2D eigenvalue weighted by molar-refractivity contribution is 7.80. The van der Waals surface area contributed by atoms with Crippen LogP contribution in [-0.4, -0.2) is 80.4 Å². The van der Waals surface area contributed by atoms with Crippen molar-refractivity contribution in [2.75, 3.05) is 11.5 Å². The Labute approximate surface area is 193 Å². The van der Waals surface area contributed by atoms with Crippen LogP contribution in [0, 0.1) is 0 Å². The molecule has 1 heterocycles. The van der Waals surface area contributed by atoms with Crippen molar-refractivity contribution >= 4 is 52.4 Å². The van der Waals surface area contributed by atoms with Gasteiger partial charge in [-0.05, 0) is 49.5 Å². The molecule has 1 fully saturated rings. The molecule has 3 unspecified atom stereocenters. The van der Waals surface area contributed by atoms with Crippen LogP contribution in [0.2, 0.25) is 5.02 Å². The second kappa shape index (κ2) is 10.9. The minimum Gasteiger partial charge on any atom is -0.479 e. The molecule has 0 spiro atoms. The van der Waals surface area contributed by atoms with E-state index in [4.69, 9.17) is 44.5 Å². The highest BCUT2D eigenvalue weighted by Crippen LogP contribution is 2.23. The predicted octanol–water partition coefficient (Wildman–Crippen LogP) is -1.09. The third kappa shape index (κ3) is 5.86. The Morgan fingerprint density at radius 2 is 1.91 bits per heavy atom. The first-order valence-corrected chi connectivity index (χ1v) is 10.0. The maximum atomic E-state index is 13.0. The number of nitrogens with two attached hydrogens (primary N) is 1. The van der Waals surface area contributed by atoms with E-state index in [1.807, 2.05) is 0 Å². The molecule has 0 aliphatic carbocycles. The number of aliphatic carboxylic acids is 1. The molecule has 13 heteroatoms. The van der Waals surface area contributed by atoms with Crippen LogP contribution >= 0.6 is 23.8 Å². The van der Waals surface area contributed by atoms with E-state index in [1.54, 1.807) is 0 Å². The first-order valence-electron chi connectivity index (χ1n) is 9.25. The summed E-state index contributed by atoms with van der Waals surface area (Å²) in [5, 5.41) is 40.8. The van der Waals surface area contributed by atoms with Crippen LogP contribution in [0.4, 0.5) is 5.69 Å². The Bertz CT molecular complexity index is 926. The van der Waals surface area contributed by atoms with E-state index in [0.717, 1.165) is 17.9 Å². The number of thiocarbonyl (C=S) groups is 1. The van der Waals surface area contributed by atoms with Crippen molar-refractivity contribution in [2.24, 2.45) is 5.73 Å². The number of aliphatic hydroxyl groups is 3. The van der Waals surface area contributed by atoms with Crippen molar-refractivity contribution in [2.45, 2.75) is 37.4 Å². The number of carboxylic acids is 1. The van der Waals surface area contributed by atoms with Gasteiger partial charge in [0.15, 0.2) is 11.2 Å². The molecule has 0 aromatic heterocycles. The predicted molar refractivity (Wildman–Crippen MR) is 117 cm³/mol. The number of ether oxygens (including phenoxy) is 1. The van der Waals surface area contributed by atoms with E-state index in [2.05, 4.69) is 5.32 Å². The summed E-state index contributed by atoms with van der Waals surface area (Å²) in [4.78, 5) is 37.6. The standard InChI is InChI=1S/C19H22ClN3O8S/c1-8(18(29)30)31-15(14(26)13(25)7-24)12(21)6-11-16(27)22-19(32)23(17(11)28)10-4-2-9(20)3-5-10/h2-6,8,12-15,24-26H,7,21H2,1H3,(H,29,30)(H,22,27,32)/b11-6-/t8?,12-,13+,14?,15?/m0/s1. The summed E-state index contributed by atoms with van der Waals surface area (Å²) < 4.78 is 5.23. The Morgan fingerprint density at radius 1 is 1.31 bits per heavy atom. The molecule has 174 valence electrons. The molecule has 1 aromatic rings. The summed E-state index contributed by atoms with van der Waals surface area (Å²) in [7, 11) is 0. The number of nitrogens with zero attached hydrogens (tertiary/aromatic N) is 1. The average Bonchev–Trinajstić information content (AvgIpc) is 2.74. The topological polar surface area (TPSA) is 183 Å². The molecule has 11 nitrogen and oxygen atoms in total. The number of rotatable bonds is 9. The van der Waals surface area contributed by atoms with E-state index in [1.165, 1.54) is 24.3 Å². The third-order valence-electron chi connectivity index (χ3n) is 4.55. The number of carbonyl (C=O) groups is 3. The molecule has 2 rings (SSSR count). The van der Waals surface area contributed by atoms with Crippen molar-refractivity contribution in [3.05, 3.63) is 40.9 Å². The molecule has 1 aliphatic heterocycles. The van der Waals surface area contributed by atoms with E-state index in [-0.39, 0.29) is 5.11 Å². The molecular formula is C19H22ClN3O8S. The van der Waals surface area contributed by atoms with Gasteiger partial charge in [0, 0.05) is 5.02 Å². The van der Waals surface area contributed by atoms with Gasteiger partial charge in [-0.25, -0.2) is 4.79 Å². The largest absolute Gasteiger partial charge is 0.479 e. The fourth-order valence-corrected chi connectivity index (χ4v) is 3.22. The average molecular weight is 488 g/mol. The number of amides is 2. The molecule has 2 amide bonds. The molecule has 5 atom stereocenters. The molecule has 0 saturated carbocycles. The monoisotopic (exact) mass is 487 g/mol. The smallest absolute Gasteiger partial charge is 0.332 e. The lowest BCUT2D eigenvalue weighted by Gasteiger charge is -2.32. The summed E-state index contributed by atoms with van der Waals surface area (Å²) in [6.07, 6.45) is -5.63. The van der Waals surface area contributed by atoms with Gasteiger partial charge < -0.3 is 30.9 Å². The summed E-state index contributed by atoms with van der Waals surface area (Å²) in [6, 6.07) is 4.60. The minimum absolute atomic E-state index is 0.184. The summed E-state index contributed by atoms with van der Waals surface area (Å²) >= 11 is 10.9. The molecule has 0 bridgehead atoms. The number of hydrogen-bond donors (Lipinski definition) is 6. The van der Waals surface area contributed by atoms with Crippen molar-refractivity contribution in [3.63, 3.8) is 0 Å². The van der Waals surface area contributed by atoms with Gasteiger partial charge in [-0.2, -0.15) is 0 Å². The Hall–Kier alpha value is -2.45. The third-order valence-corrected chi connectivity index (χ3v) is 5.09. The number of carboxylic acid groups (broad SMARTS) is 1. The SMILES string of the molecule is CC(OC(C(O)[C@H](O)CO)[C@@H](N)/C=C1/C(=O)NC(=S)N(c2ccc(Cl)cc2)C1=O)C(=O)O. The number of nitrogens with one attached hydrogen (secondary N) is 1. The Balaban J connectivity index is 2.40. The zero-order chi connectivity index (χ0) is 24.2. The van der Waals surface area contributed by atoms with Crippen LogP contribution in [0.1, 0.15) is 6.92 Å². The van der Waals surface area contributed by atoms with E-state index < -0.39 is 60.4 Å². The minimum atomic E-state index is -1.83. The zero-order valence-corrected chi connectivity index (χ0v) is 18.3. The van der Waals surface area contributed by atoms with Crippen molar-refractivity contribution < 1.29 is 39.5 Å². The normalized spacial score (nSPS) is 20.5. The summed E-state index contributed by atoms with van der Waals surface area (Å²) in [5.74, 6) is -3.09. The lowest BCUT2D eigenvalue weighted by Crippen LogP contribution is -2.56. The van der Waals surface area contributed by atoms with Gasteiger partial charge in [0.2, 0.25) is 0 Å². The van der Waals surface area contributed by atoms with Gasteiger partial charge in [-0.15, -0.1) is 0 Å². The van der Waals surface area contributed by atoms with Crippen LogP contribution < -0.4 is 16.0 Å². The second-order valence-electron chi connectivity index (χ2n) is 6.86. The maximum absolute atomic E-state index is 13.0. The van der Waals surface area contributed by atoms with Crippen molar-refractivity contribution in [3.8, 4) is 0 Å². The van der Waals surface area contributed by atoms with E-state index in [9.17, 15) is 24.6 Å². The number of benzene rings is 1. The van der Waals surface area contributed by atoms with Gasteiger partial charge in [0.05, 0.1) is 18.3 Å². The van der Waals surface area contributed by atoms with Crippen LogP contribution in [0.25, 0.3) is 0 Å². The second-order valence-corrected chi connectivity index (χ2v) is 7.68. The fourth-order valence-electron chi connectivity index (χ4n) is 2.81. The lowest BCUT2D eigenvalue weighted by atomic mass is 9.98. The highest BCUT2D eigenvalue weighted by atomic mass is 35.5. The van der Waals surface area contributed by atoms with Crippen molar-refractivity contribution in [1.82, 2.24) is 5.32 Å². The lowest BCUT2D eigenvalue weighted by molar-refractivity contribution is -0.164. The zero-order valence-electron chi connectivity index (χ0n) is 16.7. The molecule has 1 saturated heterocycles. The molecular weight excluding hydrogens is 466 g/mol. The number of halogens is 1. The highest BCUT2D eigenvalue weighted by Gasteiger charge is 2.38. The number of anilines is 1. The van der Waals surface area contributed by atoms with Gasteiger partial charge in [0.25, 0.3) is 11.8 Å². The molecule has 7 N–H and O–H groups in total. The van der Waals surface area contributed by atoms with Crippen LogP contribution in [0.15, 0.2) is 35.9 Å². The van der Waals surface area contributed by atoms with E-state index in [0.29, 0.717) is 10.7 Å². The first-order chi connectivity index (χ1) is 15.0. The van der Waals surface area contributed by atoms with Crippen LogP contribution in [0.3, 0.4) is 0 Å². The maximum Gasteiger partial charge on any atom is 0.332 e. The van der Waals surface area contributed by atoms with Gasteiger partial charge in [0.1, 0.15) is 23.9 Å². The number of aliphatic hydroxyl groups excluding tert-OH is 3. The number of hydrogen-bond acceptors (Lipinski definition) is 9.